The van der Waals surface area contributed by atoms with Crippen LogP contribution in [0, 0.1) is 0 Å². The van der Waals surface area contributed by atoms with E-state index < -0.39 is 0 Å². The monoisotopic (exact) mass is 462 g/mol. The lowest BCUT2D eigenvalue weighted by Crippen LogP contribution is -2.44. The lowest BCUT2D eigenvalue weighted by molar-refractivity contribution is -0.121. The van der Waals surface area contributed by atoms with Gasteiger partial charge in [-0.1, -0.05) is 62.4 Å². The highest BCUT2D eigenvalue weighted by atomic mass is 16.1. The summed E-state index contributed by atoms with van der Waals surface area (Å²) in [5.41, 5.74) is 4.97. The van der Waals surface area contributed by atoms with E-state index in [9.17, 15) is 4.79 Å². The van der Waals surface area contributed by atoms with Crippen LogP contribution in [-0.4, -0.2) is 91.8 Å². The molecule has 0 N–H and O–H groups in total. The number of ketones is 1. The molecule has 0 saturated carbocycles. The Kier molecular flexibility index (Phi) is 8.54. The summed E-state index contributed by atoms with van der Waals surface area (Å²) in [4.78, 5) is 23.6. The zero-order valence-corrected chi connectivity index (χ0v) is 21.5. The number of benzene rings is 2. The first-order chi connectivity index (χ1) is 16.4. The van der Waals surface area contributed by atoms with E-state index in [1.807, 2.05) is 0 Å². The van der Waals surface area contributed by atoms with Gasteiger partial charge in [-0.05, 0) is 36.3 Å². The molecule has 2 unspecified atom stereocenters. The van der Waals surface area contributed by atoms with Crippen molar-refractivity contribution in [1.29, 1.82) is 0 Å². The van der Waals surface area contributed by atoms with Gasteiger partial charge in [0.05, 0.1) is 0 Å². The molecule has 2 aromatic carbocycles. The molecule has 5 heteroatoms. The van der Waals surface area contributed by atoms with E-state index in [-0.39, 0.29) is 11.8 Å². The van der Waals surface area contributed by atoms with Crippen LogP contribution in [-0.2, 0) is 17.9 Å². The van der Waals surface area contributed by atoms with Gasteiger partial charge in [0.25, 0.3) is 0 Å². The van der Waals surface area contributed by atoms with Gasteiger partial charge in [-0.15, -0.1) is 0 Å². The summed E-state index contributed by atoms with van der Waals surface area (Å²) in [6.07, 6.45) is 0. The van der Waals surface area contributed by atoms with E-state index in [2.05, 4.69) is 96.1 Å². The summed E-state index contributed by atoms with van der Waals surface area (Å²) in [5.74, 6) is 0.0855. The smallest absolute Gasteiger partial charge is 0.147 e. The number of rotatable bonds is 8. The van der Waals surface area contributed by atoms with Crippen LogP contribution in [0.4, 0.5) is 0 Å². The molecule has 2 aliphatic rings. The maximum atomic E-state index is 13.8. The highest BCUT2D eigenvalue weighted by Gasteiger charge is 2.27. The van der Waals surface area contributed by atoms with E-state index in [1.54, 1.807) is 0 Å². The van der Waals surface area contributed by atoms with Gasteiger partial charge in [-0.25, -0.2) is 0 Å². The molecule has 34 heavy (non-hydrogen) atoms. The summed E-state index contributed by atoms with van der Waals surface area (Å²) in [5, 5.41) is 0. The van der Waals surface area contributed by atoms with Crippen LogP contribution >= 0.6 is 0 Å². The van der Waals surface area contributed by atoms with E-state index >= 15 is 0 Å². The lowest BCUT2D eigenvalue weighted by Gasteiger charge is -2.33. The van der Waals surface area contributed by atoms with Crippen molar-refractivity contribution in [2.24, 2.45) is 0 Å². The van der Waals surface area contributed by atoms with Crippen LogP contribution in [0.2, 0.25) is 0 Å². The summed E-state index contributed by atoms with van der Waals surface area (Å²) in [6.45, 7) is 14.8. The van der Waals surface area contributed by atoms with Gasteiger partial charge in [0.2, 0.25) is 0 Å². The first-order valence-electron chi connectivity index (χ1n) is 12.9. The molecule has 184 valence electrons. The highest BCUT2D eigenvalue weighted by molar-refractivity contribution is 5.91. The number of carbonyl (C=O) groups is 1. The average Bonchev–Trinajstić information content (AvgIpc) is 2.86. The molecular formula is C29H42N4O. The molecule has 0 aliphatic carbocycles. The molecule has 2 aromatic rings. The fourth-order valence-electron chi connectivity index (χ4n) is 5.38. The standard InChI is InChI=1S/C29H42N4O/c1-23(27-11-7-5-9-25(27)21-32-17-13-30(3)14-18-32)29(34)24(2)28-12-8-6-10-26(28)22-33-19-15-31(4)16-20-33/h5-12,23-24H,13-22H2,1-4H3. The zero-order valence-electron chi connectivity index (χ0n) is 21.5. The largest absolute Gasteiger partial charge is 0.304 e. The van der Waals surface area contributed by atoms with Crippen LogP contribution in [0.3, 0.4) is 0 Å². The van der Waals surface area contributed by atoms with E-state index in [0.717, 1.165) is 65.4 Å². The van der Waals surface area contributed by atoms with Gasteiger partial charge in [-0.2, -0.15) is 0 Å². The van der Waals surface area contributed by atoms with Crippen LogP contribution in [0.25, 0.3) is 0 Å². The SMILES string of the molecule is CC(C(=O)C(C)c1ccccc1CN1CCN(C)CC1)c1ccccc1CN1CCN(C)CC1. The van der Waals surface area contributed by atoms with Gasteiger partial charge in [-0.3, -0.25) is 14.6 Å². The van der Waals surface area contributed by atoms with Crippen LogP contribution in [0.15, 0.2) is 48.5 Å². The molecule has 0 aromatic heterocycles. The van der Waals surface area contributed by atoms with Gasteiger partial charge in [0.1, 0.15) is 5.78 Å². The van der Waals surface area contributed by atoms with E-state index in [4.69, 9.17) is 0 Å². The van der Waals surface area contributed by atoms with Crippen molar-refractivity contribution in [1.82, 2.24) is 19.6 Å². The maximum Gasteiger partial charge on any atom is 0.147 e. The van der Waals surface area contributed by atoms with Crippen LogP contribution in [0.5, 0.6) is 0 Å². The molecule has 2 heterocycles. The number of carbonyl (C=O) groups excluding carboxylic acids is 1. The fourth-order valence-corrected chi connectivity index (χ4v) is 5.38. The van der Waals surface area contributed by atoms with Crippen molar-refractivity contribution in [2.45, 2.75) is 38.8 Å². The number of likely N-dealkylation sites (N-methyl/N-ethyl adjacent to an activating group) is 2. The molecule has 0 spiro atoms. The Bertz CT molecular complexity index is 869. The molecule has 2 aliphatic heterocycles. The Hall–Kier alpha value is -2.05. The van der Waals surface area contributed by atoms with Gasteiger partial charge in [0, 0.05) is 77.3 Å². The quantitative estimate of drug-likeness (QED) is 0.598. The minimum absolute atomic E-state index is 0.115. The number of piperazine rings is 2. The zero-order chi connectivity index (χ0) is 24.1. The molecule has 2 fully saturated rings. The molecule has 2 atom stereocenters. The van der Waals surface area contributed by atoms with Crippen molar-refractivity contribution in [3.05, 3.63) is 70.8 Å². The Morgan fingerprint density at radius 3 is 1.38 bits per heavy atom. The Morgan fingerprint density at radius 2 is 1.00 bits per heavy atom. The summed E-state index contributed by atoms with van der Waals surface area (Å²) in [7, 11) is 4.38. The molecule has 0 amide bonds. The summed E-state index contributed by atoms with van der Waals surface area (Å²) in [6, 6.07) is 17.1. The Labute approximate surface area is 206 Å². The third-order valence-electron chi connectivity index (χ3n) is 7.88. The number of hydrogen-bond acceptors (Lipinski definition) is 5. The molecule has 4 rings (SSSR count). The summed E-state index contributed by atoms with van der Waals surface area (Å²) >= 11 is 0. The minimum Gasteiger partial charge on any atom is -0.304 e. The highest BCUT2D eigenvalue weighted by Crippen LogP contribution is 2.31. The van der Waals surface area contributed by atoms with Crippen molar-refractivity contribution < 1.29 is 4.79 Å². The van der Waals surface area contributed by atoms with Crippen molar-refractivity contribution in [3.63, 3.8) is 0 Å². The molecule has 0 bridgehead atoms. The Balaban J connectivity index is 1.47. The second kappa shape index (κ2) is 11.6. The second-order valence-electron chi connectivity index (χ2n) is 10.4. The van der Waals surface area contributed by atoms with Crippen LogP contribution < -0.4 is 0 Å². The molecule has 0 radical (unpaired) electrons. The first kappa shape index (κ1) is 25.1. The van der Waals surface area contributed by atoms with Gasteiger partial charge in [0.15, 0.2) is 0 Å². The van der Waals surface area contributed by atoms with E-state index in [1.165, 1.54) is 22.3 Å². The van der Waals surface area contributed by atoms with Gasteiger partial charge >= 0.3 is 0 Å². The van der Waals surface area contributed by atoms with Crippen molar-refractivity contribution in [3.8, 4) is 0 Å². The maximum absolute atomic E-state index is 13.8. The first-order valence-corrected chi connectivity index (χ1v) is 12.9. The van der Waals surface area contributed by atoms with E-state index in [0.29, 0.717) is 5.78 Å². The molecule has 5 nitrogen and oxygen atoms in total. The predicted molar refractivity (Wildman–Crippen MR) is 140 cm³/mol. The summed E-state index contributed by atoms with van der Waals surface area (Å²) < 4.78 is 0. The Morgan fingerprint density at radius 1 is 0.647 bits per heavy atom. The lowest BCUT2D eigenvalue weighted by atomic mass is 9.82. The average molecular weight is 463 g/mol. The minimum atomic E-state index is -0.115. The molecular weight excluding hydrogens is 420 g/mol. The van der Waals surface area contributed by atoms with Crippen LogP contribution in [0.1, 0.15) is 47.9 Å². The third-order valence-corrected chi connectivity index (χ3v) is 7.88. The topological polar surface area (TPSA) is 30.0 Å². The van der Waals surface area contributed by atoms with Crippen molar-refractivity contribution in [2.75, 3.05) is 66.5 Å². The fraction of sp³-hybridized carbons (Fsp3) is 0.552. The number of nitrogens with zero attached hydrogens (tertiary/aromatic N) is 4. The van der Waals surface area contributed by atoms with Crippen molar-refractivity contribution >= 4 is 5.78 Å². The number of hydrogen-bond donors (Lipinski definition) is 0. The normalized spacial score (nSPS) is 20.8. The second-order valence-corrected chi connectivity index (χ2v) is 10.4. The number of Topliss-reactive ketones (excluding diaryl/α,β-unsaturated/α-hetero) is 1. The third kappa shape index (κ3) is 6.14. The van der Waals surface area contributed by atoms with Gasteiger partial charge < -0.3 is 9.80 Å². The molecule has 2 saturated heterocycles. The predicted octanol–water partition coefficient (Wildman–Crippen LogP) is 3.66.